The van der Waals surface area contributed by atoms with Gasteiger partial charge in [0.2, 0.25) is 0 Å². The van der Waals surface area contributed by atoms with Crippen LogP contribution in [0.25, 0.3) is 0 Å². The second-order valence-electron chi connectivity index (χ2n) is 7.22. The van der Waals surface area contributed by atoms with E-state index in [2.05, 4.69) is 15.4 Å². The van der Waals surface area contributed by atoms with Crippen LogP contribution in [-0.4, -0.2) is 33.4 Å². The molecule has 0 fully saturated rings. The molecule has 0 heterocycles. The van der Waals surface area contributed by atoms with E-state index in [1.807, 2.05) is 13.8 Å². The highest BCUT2D eigenvalue weighted by Gasteiger charge is 2.17. The molecule has 0 spiro atoms. The van der Waals surface area contributed by atoms with E-state index in [0.29, 0.717) is 23.7 Å². The first-order valence-electron chi connectivity index (χ1n) is 10.3. The van der Waals surface area contributed by atoms with Gasteiger partial charge in [0.05, 0.1) is 4.90 Å². The molecule has 0 bridgehead atoms. The average molecular weight is 468 g/mol. The number of ether oxygens (including phenoxy) is 1. The number of hydrogen-bond acceptors (Lipinski definition) is 5. The highest BCUT2D eigenvalue weighted by Crippen LogP contribution is 2.20. The van der Waals surface area contributed by atoms with E-state index in [4.69, 9.17) is 4.74 Å². The van der Waals surface area contributed by atoms with Gasteiger partial charge in [-0.2, -0.15) is 0 Å². The van der Waals surface area contributed by atoms with Gasteiger partial charge in [0.15, 0.2) is 6.61 Å². The summed E-state index contributed by atoms with van der Waals surface area (Å²) in [4.78, 5) is 24.1. The number of sulfonamides is 1. The maximum atomic E-state index is 12.7. The van der Waals surface area contributed by atoms with Gasteiger partial charge in [-0.25, -0.2) is 8.42 Å². The summed E-state index contributed by atoms with van der Waals surface area (Å²) in [5.41, 5.74) is 2.14. The van der Waals surface area contributed by atoms with Crippen molar-refractivity contribution in [2.45, 2.75) is 18.7 Å². The lowest BCUT2D eigenvalue weighted by molar-refractivity contribution is -0.122. The van der Waals surface area contributed by atoms with Crippen molar-refractivity contribution in [2.24, 2.45) is 0 Å². The molecule has 3 aromatic carbocycles. The minimum atomic E-state index is -3.86. The molecule has 0 aromatic heterocycles. The van der Waals surface area contributed by atoms with E-state index in [-0.39, 0.29) is 23.0 Å². The number of benzene rings is 3. The monoisotopic (exact) mass is 467 g/mol. The smallest absolute Gasteiger partial charge is 0.261 e. The van der Waals surface area contributed by atoms with Gasteiger partial charge in [-0.1, -0.05) is 23.8 Å². The van der Waals surface area contributed by atoms with Crippen molar-refractivity contribution >= 4 is 33.2 Å². The second-order valence-corrected chi connectivity index (χ2v) is 8.90. The SMILES string of the molecule is CCNC(=O)COc1ccc(NC(=O)c2cccc(S(=O)(=O)Nc3ccc(C)cc3)c2)cc1. The second kappa shape index (κ2) is 10.6. The zero-order chi connectivity index (χ0) is 23.8. The van der Waals surface area contributed by atoms with Crippen LogP contribution in [0.2, 0.25) is 0 Å². The molecule has 0 aliphatic carbocycles. The Morgan fingerprint density at radius 1 is 0.909 bits per heavy atom. The molecule has 0 saturated carbocycles. The quantitative estimate of drug-likeness (QED) is 0.445. The Balaban J connectivity index is 1.65. The fraction of sp³-hybridized carbons (Fsp3) is 0.167. The summed E-state index contributed by atoms with van der Waals surface area (Å²) in [6.45, 7) is 4.16. The molecule has 3 rings (SSSR count). The molecule has 0 radical (unpaired) electrons. The average Bonchev–Trinajstić information content (AvgIpc) is 2.80. The van der Waals surface area contributed by atoms with Gasteiger partial charge >= 0.3 is 0 Å². The zero-order valence-electron chi connectivity index (χ0n) is 18.3. The number of hydrogen-bond donors (Lipinski definition) is 3. The lowest BCUT2D eigenvalue weighted by Crippen LogP contribution is -2.28. The van der Waals surface area contributed by atoms with Gasteiger partial charge in [0.25, 0.3) is 21.8 Å². The summed E-state index contributed by atoms with van der Waals surface area (Å²) in [7, 11) is -3.86. The van der Waals surface area contributed by atoms with E-state index in [1.54, 1.807) is 48.5 Å². The fourth-order valence-corrected chi connectivity index (χ4v) is 3.98. The molecular weight excluding hydrogens is 442 g/mol. The number of aryl methyl sites for hydroxylation is 1. The number of rotatable bonds is 9. The standard InChI is InChI=1S/C24H25N3O5S/c1-3-25-23(28)16-32-21-13-11-19(12-14-21)26-24(29)18-5-4-6-22(15-18)33(30,31)27-20-9-7-17(2)8-10-20/h4-15,27H,3,16H2,1-2H3,(H,25,28)(H,26,29). The molecule has 9 heteroatoms. The minimum absolute atomic E-state index is 0.0233. The molecule has 0 aliphatic heterocycles. The summed E-state index contributed by atoms with van der Waals surface area (Å²) in [5.74, 6) is -0.200. The Labute approximate surface area is 193 Å². The van der Waals surface area contributed by atoms with Gasteiger partial charge in [0.1, 0.15) is 5.75 Å². The van der Waals surface area contributed by atoms with Crippen molar-refractivity contribution in [3.63, 3.8) is 0 Å². The number of carbonyl (C=O) groups excluding carboxylic acids is 2. The summed E-state index contributed by atoms with van der Waals surface area (Å²) in [6.07, 6.45) is 0. The third kappa shape index (κ3) is 6.81. The van der Waals surface area contributed by atoms with Crippen molar-refractivity contribution in [3.8, 4) is 5.75 Å². The number of amides is 2. The van der Waals surface area contributed by atoms with Crippen LogP contribution in [0.15, 0.2) is 77.7 Å². The first-order chi connectivity index (χ1) is 15.8. The summed E-state index contributed by atoms with van der Waals surface area (Å²) in [6, 6.07) is 19.2. The predicted molar refractivity (Wildman–Crippen MR) is 127 cm³/mol. The Morgan fingerprint density at radius 2 is 1.58 bits per heavy atom. The third-order valence-electron chi connectivity index (χ3n) is 4.57. The number of nitrogens with one attached hydrogen (secondary N) is 3. The molecule has 2 amide bonds. The van der Waals surface area contributed by atoms with Crippen molar-refractivity contribution in [1.29, 1.82) is 0 Å². The van der Waals surface area contributed by atoms with Crippen LogP contribution in [0.3, 0.4) is 0 Å². The molecule has 172 valence electrons. The molecule has 0 aliphatic rings. The molecule has 0 atom stereocenters. The van der Waals surface area contributed by atoms with E-state index >= 15 is 0 Å². The minimum Gasteiger partial charge on any atom is -0.484 e. The molecule has 3 N–H and O–H groups in total. The van der Waals surface area contributed by atoms with E-state index in [0.717, 1.165) is 5.56 Å². The predicted octanol–water partition coefficient (Wildman–Crippen LogP) is 3.56. The van der Waals surface area contributed by atoms with Gasteiger partial charge in [0, 0.05) is 23.5 Å². The zero-order valence-corrected chi connectivity index (χ0v) is 19.1. The summed E-state index contributed by atoms with van der Waals surface area (Å²) < 4.78 is 33.3. The van der Waals surface area contributed by atoms with Crippen LogP contribution >= 0.6 is 0 Å². The van der Waals surface area contributed by atoms with Crippen molar-refractivity contribution in [1.82, 2.24) is 5.32 Å². The van der Waals surface area contributed by atoms with Gasteiger partial charge in [-0.15, -0.1) is 0 Å². The highest BCUT2D eigenvalue weighted by atomic mass is 32.2. The van der Waals surface area contributed by atoms with E-state index in [9.17, 15) is 18.0 Å². The summed E-state index contributed by atoms with van der Waals surface area (Å²) in [5, 5.41) is 5.35. The maximum absolute atomic E-state index is 12.7. The lowest BCUT2D eigenvalue weighted by Gasteiger charge is -2.11. The Hall–Kier alpha value is -3.85. The van der Waals surface area contributed by atoms with Crippen LogP contribution < -0.4 is 20.1 Å². The molecule has 3 aromatic rings. The van der Waals surface area contributed by atoms with Crippen molar-refractivity contribution in [2.75, 3.05) is 23.2 Å². The first kappa shape index (κ1) is 23.8. The van der Waals surface area contributed by atoms with E-state index < -0.39 is 15.9 Å². The molecule has 8 nitrogen and oxygen atoms in total. The highest BCUT2D eigenvalue weighted by molar-refractivity contribution is 7.92. The molecule has 33 heavy (non-hydrogen) atoms. The molecule has 0 saturated heterocycles. The number of carbonyl (C=O) groups is 2. The topological polar surface area (TPSA) is 114 Å². The normalized spacial score (nSPS) is 10.8. The van der Waals surface area contributed by atoms with Crippen LogP contribution in [-0.2, 0) is 14.8 Å². The van der Waals surface area contributed by atoms with Crippen LogP contribution in [0.4, 0.5) is 11.4 Å². The Kier molecular flexibility index (Phi) is 7.68. The van der Waals surface area contributed by atoms with Gasteiger partial charge < -0.3 is 15.4 Å². The van der Waals surface area contributed by atoms with Crippen LogP contribution in [0.1, 0.15) is 22.8 Å². The number of anilines is 2. The fourth-order valence-electron chi connectivity index (χ4n) is 2.88. The van der Waals surface area contributed by atoms with Crippen LogP contribution in [0, 0.1) is 6.92 Å². The first-order valence-corrected chi connectivity index (χ1v) is 11.8. The van der Waals surface area contributed by atoms with Gasteiger partial charge in [-0.3, -0.25) is 14.3 Å². The molecular formula is C24H25N3O5S. The Bertz CT molecular complexity index is 1220. The van der Waals surface area contributed by atoms with Gasteiger partial charge in [-0.05, 0) is 68.4 Å². The lowest BCUT2D eigenvalue weighted by atomic mass is 10.2. The maximum Gasteiger partial charge on any atom is 0.261 e. The van der Waals surface area contributed by atoms with Crippen LogP contribution in [0.5, 0.6) is 5.75 Å². The van der Waals surface area contributed by atoms with Crippen molar-refractivity contribution < 1.29 is 22.7 Å². The summed E-state index contributed by atoms with van der Waals surface area (Å²) >= 11 is 0. The third-order valence-corrected chi connectivity index (χ3v) is 5.95. The Morgan fingerprint density at radius 3 is 2.24 bits per heavy atom. The molecule has 0 unspecified atom stereocenters. The van der Waals surface area contributed by atoms with Crippen molar-refractivity contribution in [3.05, 3.63) is 83.9 Å². The largest absolute Gasteiger partial charge is 0.484 e. The van der Waals surface area contributed by atoms with E-state index in [1.165, 1.54) is 24.3 Å². The number of likely N-dealkylation sites (N-methyl/N-ethyl adjacent to an activating group) is 1.